The van der Waals surface area contributed by atoms with E-state index in [9.17, 15) is 4.79 Å². The molecule has 0 saturated carbocycles. The fourth-order valence-electron chi connectivity index (χ4n) is 3.03. The molecule has 0 fully saturated rings. The highest BCUT2D eigenvalue weighted by Gasteiger charge is 2.09. The molecule has 31 heavy (non-hydrogen) atoms. The first-order valence-electron chi connectivity index (χ1n) is 10.2. The van der Waals surface area contributed by atoms with Crippen molar-refractivity contribution in [1.29, 1.82) is 0 Å². The van der Waals surface area contributed by atoms with E-state index in [2.05, 4.69) is 26.6 Å². The number of halogens is 1. The predicted molar refractivity (Wildman–Crippen MR) is 129 cm³/mol. The molecule has 0 aliphatic heterocycles. The van der Waals surface area contributed by atoms with Crippen molar-refractivity contribution in [2.75, 3.05) is 23.8 Å². The lowest BCUT2D eigenvalue weighted by Crippen LogP contribution is -2.21. The lowest BCUT2D eigenvalue weighted by Gasteiger charge is -2.13. The van der Waals surface area contributed by atoms with Crippen LogP contribution in [-0.2, 0) is 11.3 Å². The van der Waals surface area contributed by atoms with E-state index in [0.29, 0.717) is 18.9 Å². The average Bonchev–Trinajstić information content (AvgIpc) is 2.76. The Morgan fingerprint density at radius 3 is 2.48 bits per heavy atom. The Hall–Kier alpha value is -2.99. The van der Waals surface area contributed by atoms with Crippen molar-refractivity contribution in [2.45, 2.75) is 27.3 Å². The first kappa shape index (κ1) is 22.7. The van der Waals surface area contributed by atoms with Gasteiger partial charge in [-0.3, -0.25) is 4.79 Å². The van der Waals surface area contributed by atoms with Gasteiger partial charge in [-0.2, -0.15) is 0 Å². The molecule has 2 N–H and O–H groups in total. The Bertz CT molecular complexity index is 1040. The summed E-state index contributed by atoms with van der Waals surface area (Å²) in [7, 11) is 0. The normalized spacial score (nSPS) is 10.5. The molecule has 0 atom stereocenters. The Kier molecular flexibility index (Phi) is 7.95. The van der Waals surface area contributed by atoms with E-state index in [1.807, 2.05) is 81.4 Å². The number of nitrogens with one attached hydrogen (secondary N) is 2. The van der Waals surface area contributed by atoms with Gasteiger partial charge in [-0.15, -0.1) is 0 Å². The molecule has 0 bridgehead atoms. The largest absolute Gasteiger partial charge is 0.494 e. The lowest BCUT2D eigenvalue weighted by atomic mass is 10.1. The number of aryl methyl sites for hydroxylation is 1. The van der Waals surface area contributed by atoms with Gasteiger partial charge in [0.05, 0.1) is 11.1 Å². The molecule has 0 aliphatic rings. The monoisotopic (exact) mass is 482 g/mol. The van der Waals surface area contributed by atoms with Crippen molar-refractivity contribution in [1.82, 2.24) is 0 Å². The van der Waals surface area contributed by atoms with Crippen LogP contribution in [0, 0.1) is 13.8 Å². The van der Waals surface area contributed by atoms with Crippen LogP contribution in [0.5, 0.6) is 11.5 Å². The summed E-state index contributed by atoms with van der Waals surface area (Å²) in [5.74, 6) is 1.29. The smallest absolute Gasteiger partial charge is 0.262 e. The number of rotatable bonds is 9. The van der Waals surface area contributed by atoms with Crippen molar-refractivity contribution in [3.05, 3.63) is 81.8 Å². The summed E-state index contributed by atoms with van der Waals surface area (Å²) in [6, 6.07) is 19.5. The van der Waals surface area contributed by atoms with Crippen LogP contribution in [0.3, 0.4) is 0 Å². The van der Waals surface area contributed by atoms with Gasteiger partial charge >= 0.3 is 0 Å². The van der Waals surface area contributed by atoms with E-state index in [4.69, 9.17) is 9.47 Å². The highest BCUT2D eigenvalue weighted by atomic mass is 79.9. The zero-order valence-corrected chi connectivity index (χ0v) is 19.6. The fraction of sp³-hybridized carbons (Fsp3) is 0.240. The van der Waals surface area contributed by atoms with Crippen molar-refractivity contribution >= 4 is 33.2 Å². The molecule has 0 radical (unpaired) electrons. The van der Waals surface area contributed by atoms with Crippen molar-refractivity contribution in [3.63, 3.8) is 0 Å². The van der Waals surface area contributed by atoms with Gasteiger partial charge in [0.25, 0.3) is 5.91 Å². The first-order valence-corrected chi connectivity index (χ1v) is 11.0. The Labute approximate surface area is 191 Å². The molecule has 3 rings (SSSR count). The van der Waals surface area contributed by atoms with Crippen LogP contribution >= 0.6 is 15.9 Å². The third kappa shape index (κ3) is 6.49. The molecule has 162 valence electrons. The summed E-state index contributed by atoms with van der Waals surface area (Å²) in [6.07, 6.45) is 0. The molecule has 5 nitrogen and oxygen atoms in total. The maximum absolute atomic E-state index is 12.3. The maximum atomic E-state index is 12.3. The molecule has 3 aromatic rings. The maximum Gasteiger partial charge on any atom is 0.262 e. The number of hydrogen-bond donors (Lipinski definition) is 2. The zero-order valence-electron chi connectivity index (χ0n) is 18.0. The number of ether oxygens (including phenoxy) is 2. The number of hydrogen-bond acceptors (Lipinski definition) is 4. The molecular weight excluding hydrogens is 456 g/mol. The quantitative estimate of drug-likeness (QED) is 0.387. The van der Waals surface area contributed by atoms with Crippen LogP contribution in [-0.4, -0.2) is 19.1 Å². The highest BCUT2D eigenvalue weighted by Crippen LogP contribution is 2.27. The van der Waals surface area contributed by atoms with Crippen LogP contribution < -0.4 is 20.1 Å². The zero-order chi connectivity index (χ0) is 22.2. The Morgan fingerprint density at radius 2 is 1.77 bits per heavy atom. The molecule has 1 amide bonds. The van der Waals surface area contributed by atoms with Gasteiger partial charge in [0.2, 0.25) is 0 Å². The minimum atomic E-state index is -0.193. The van der Waals surface area contributed by atoms with Gasteiger partial charge in [0.15, 0.2) is 6.61 Å². The lowest BCUT2D eigenvalue weighted by molar-refractivity contribution is -0.118. The van der Waals surface area contributed by atoms with Gasteiger partial charge in [-0.25, -0.2) is 0 Å². The SMILES string of the molecule is CCOc1ccc(NCc2ccc(OCC(=O)Nc3cccc(C)c3C)c(Br)c2)cc1. The molecule has 0 unspecified atom stereocenters. The van der Waals surface area contributed by atoms with Crippen LogP contribution in [0.15, 0.2) is 65.1 Å². The first-order chi connectivity index (χ1) is 15.0. The topological polar surface area (TPSA) is 59.6 Å². The van der Waals surface area contributed by atoms with Crippen LogP contribution in [0.1, 0.15) is 23.6 Å². The molecule has 0 saturated heterocycles. The van der Waals surface area contributed by atoms with Crippen molar-refractivity contribution in [3.8, 4) is 11.5 Å². The molecular formula is C25H27BrN2O3. The summed E-state index contributed by atoms with van der Waals surface area (Å²) < 4.78 is 12.0. The average molecular weight is 483 g/mol. The third-order valence-electron chi connectivity index (χ3n) is 4.90. The summed E-state index contributed by atoms with van der Waals surface area (Å²) in [6.45, 7) is 7.24. The molecule has 0 aromatic heterocycles. The minimum absolute atomic E-state index is 0.0598. The van der Waals surface area contributed by atoms with Crippen molar-refractivity contribution in [2.24, 2.45) is 0 Å². The molecule has 0 heterocycles. The van der Waals surface area contributed by atoms with E-state index < -0.39 is 0 Å². The standard InChI is InChI=1S/C25H27BrN2O3/c1-4-30-21-11-9-20(10-12-21)27-15-19-8-13-24(22(26)14-19)31-16-25(29)28-23-7-5-6-17(2)18(23)3/h5-14,27H,4,15-16H2,1-3H3,(H,28,29). The van der Waals surface area contributed by atoms with E-state index >= 15 is 0 Å². The second-order valence-electron chi connectivity index (χ2n) is 7.16. The van der Waals surface area contributed by atoms with E-state index in [0.717, 1.165) is 38.3 Å². The van der Waals surface area contributed by atoms with E-state index in [1.165, 1.54) is 0 Å². The van der Waals surface area contributed by atoms with Crippen LogP contribution in [0.25, 0.3) is 0 Å². The number of anilines is 2. The Balaban J connectivity index is 1.51. The van der Waals surface area contributed by atoms with Crippen LogP contribution in [0.2, 0.25) is 0 Å². The number of benzene rings is 3. The Morgan fingerprint density at radius 1 is 1.00 bits per heavy atom. The number of carbonyl (C=O) groups is 1. The van der Waals surface area contributed by atoms with Gasteiger partial charge < -0.3 is 20.1 Å². The summed E-state index contributed by atoms with van der Waals surface area (Å²) in [4.78, 5) is 12.3. The molecule has 6 heteroatoms. The second-order valence-corrected chi connectivity index (χ2v) is 8.01. The summed E-state index contributed by atoms with van der Waals surface area (Å²) in [5, 5.41) is 6.29. The van der Waals surface area contributed by atoms with Crippen LogP contribution in [0.4, 0.5) is 11.4 Å². The number of carbonyl (C=O) groups excluding carboxylic acids is 1. The van der Waals surface area contributed by atoms with E-state index in [1.54, 1.807) is 0 Å². The predicted octanol–water partition coefficient (Wildman–Crippen LogP) is 6.09. The van der Waals surface area contributed by atoms with Gasteiger partial charge in [0, 0.05) is 17.9 Å². The second kappa shape index (κ2) is 10.9. The van der Waals surface area contributed by atoms with Gasteiger partial charge in [0.1, 0.15) is 11.5 Å². The van der Waals surface area contributed by atoms with Gasteiger partial charge in [-0.1, -0.05) is 18.2 Å². The number of amides is 1. The third-order valence-corrected chi connectivity index (χ3v) is 5.52. The summed E-state index contributed by atoms with van der Waals surface area (Å²) in [5.41, 5.74) is 5.11. The fourth-order valence-corrected chi connectivity index (χ4v) is 3.57. The highest BCUT2D eigenvalue weighted by molar-refractivity contribution is 9.10. The molecule has 0 spiro atoms. The minimum Gasteiger partial charge on any atom is -0.494 e. The van der Waals surface area contributed by atoms with Crippen molar-refractivity contribution < 1.29 is 14.3 Å². The van der Waals surface area contributed by atoms with E-state index in [-0.39, 0.29) is 12.5 Å². The molecule has 0 aliphatic carbocycles. The molecule has 3 aromatic carbocycles. The van der Waals surface area contributed by atoms with Gasteiger partial charge in [-0.05, 0) is 95.9 Å². The summed E-state index contributed by atoms with van der Waals surface area (Å²) >= 11 is 3.54.